The maximum Gasteiger partial charge on any atom is 0.328 e. The summed E-state index contributed by atoms with van der Waals surface area (Å²) in [4.78, 5) is 10.6. The summed E-state index contributed by atoms with van der Waals surface area (Å²) in [6.45, 7) is 1.92. The molecule has 1 saturated heterocycles. The van der Waals surface area contributed by atoms with Crippen molar-refractivity contribution in [1.82, 2.24) is 0 Å². The highest BCUT2D eigenvalue weighted by Crippen LogP contribution is 2.41. The van der Waals surface area contributed by atoms with Crippen LogP contribution in [-0.4, -0.2) is 29.1 Å². The summed E-state index contributed by atoms with van der Waals surface area (Å²) in [7, 11) is 0. The van der Waals surface area contributed by atoms with Crippen LogP contribution in [0, 0.1) is 0 Å². The second-order valence-electron chi connectivity index (χ2n) is 4.86. The normalized spacial score (nSPS) is 31.6. The monoisotopic (exact) mass is 252 g/mol. The molecular weight excluding hydrogens is 232 g/mol. The Morgan fingerprint density at radius 1 is 1.17 bits per heavy atom. The zero-order valence-corrected chi connectivity index (χ0v) is 10.7. The van der Waals surface area contributed by atoms with Crippen LogP contribution in [0.15, 0.2) is 24.3 Å². The van der Waals surface area contributed by atoms with E-state index in [1.807, 2.05) is 19.1 Å². The van der Waals surface area contributed by atoms with E-state index in [0.717, 1.165) is 31.8 Å². The van der Waals surface area contributed by atoms with E-state index >= 15 is 0 Å². The zero-order valence-electron chi connectivity index (χ0n) is 10.7. The third-order valence-electron chi connectivity index (χ3n) is 3.45. The van der Waals surface area contributed by atoms with Crippen molar-refractivity contribution >= 4 is 5.97 Å². The van der Waals surface area contributed by atoms with E-state index in [-0.39, 0.29) is 12.2 Å². The average Bonchev–Trinajstić information content (AvgIpc) is 2.66. The maximum absolute atomic E-state index is 10.6. The van der Waals surface area contributed by atoms with Gasteiger partial charge < -0.3 is 14.6 Å². The minimum Gasteiger partial charge on any atom is -0.478 e. The molecule has 2 aliphatic rings. The molecule has 100 valence electrons. The lowest BCUT2D eigenvalue weighted by molar-refractivity contribution is -0.188. The molecule has 1 N–H and O–H groups in total. The molecule has 1 spiro atoms. The van der Waals surface area contributed by atoms with Crippen LogP contribution < -0.4 is 0 Å². The van der Waals surface area contributed by atoms with Crippen LogP contribution in [0.25, 0.3) is 0 Å². The summed E-state index contributed by atoms with van der Waals surface area (Å²) >= 11 is 0. The minimum absolute atomic E-state index is 0.177. The molecule has 0 aromatic carbocycles. The molecule has 0 radical (unpaired) electrons. The SMILES string of the molecule is C/C=C/[C@@H]1OC2(CCCCC2)O[C@@H]1/C=C/C(=O)O. The molecule has 1 aliphatic heterocycles. The van der Waals surface area contributed by atoms with Gasteiger partial charge in [-0.25, -0.2) is 4.79 Å². The predicted molar refractivity (Wildman–Crippen MR) is 67.2 cm³/mol. The summed E-state index contributed by atoms with van der Waals surface area (Å²) in [5.41, 5.74) is 0. The standard InChI is InChI=1S/C14H20O4/c1-2-6-11-12(7-8-13(15)16)18-14(17-11)9-4-3-5-10-14/h2,6-8,11-12H,3-5,9-10H2,1H3,(H,15,16)/b6-2+,8-7+/t11-,12+/m0/s1. The Morgan fingerprint density at radius 2 is 1.78 bits per heavy atom. The number of carbonyl (C=O) groups is 1. The number of carboxylic acids is 1. The Balaban J connectivity index is 2.09. The summed E-state index contributed by atoms with van der Waals surface area (Å²) in [5.74, 6) is -1.45. The second-order valence-corrected chi connectivity index (χ2v) is 4.86. The number of aliphatic carboxylic acids is 1. The van der Waals surface area contributed by atoms with Crippen molar-refractivity contribution in [3.8, 4) is 0 Å². The van der Waals surface area contributed by atoms with E-state index < -0.39 is 11.8 Å². The van der Waals surface area contributed by atoms with E-state index in [1.165, 1.54) is 6.42 Å². The van der Waals surface area contributed by atoms with Crippen LogP contribution in [0.4, 0.5) is 0 Å². The van der Waals surface area contributed by atoms with Crippen molar-refractivity contribution < 1.29 is 19.4 Å². The quantitative estimate of drug-likeness (QED) is 0.619. The molecule has 18 heavy (non-hydrogen) atoms. The van der Waals surface area contributed by atoms with Crippen molar-refractivity contribution in [3.05, 3.63) is 24.3 Å². The van der Waals surface area contributed by atoms with Gasteiger partial charge in [-0.15, -0.1) is 0 Å². The highest BCUT2D eigenvalue weighted by molar-refractivity contribution is 5.79. The number of ether oxygens (including phenoxy) is 2. The molecule has 1 heterocycles. The van der Waals surface area contributed by atoms with Gasteiger partial charge in [0, 0.05) is 18.9 Å². The molecule has 0 aromatic heterocycles. The lowest BCUT2D eigenvalue weighted by Crippen LogP contribution is -2.33. The Kier molecular flexibility index (Phi) is 4.19. The predicted octanol–water partition coefficient (Wildman–Crippen LogP) is 2.65. The van der Waals surface area contributed by atoms with Crippen molar-refractivity contribution in [2.24, 2.45) is 0 Å². The third-order valence-corrected chi connectivity index (χ3v) is 3.45. The molecule has 2 fully saturated rings. The number of hydrogen-bond donors (Lipinski definition) is 1. The highest BCUT2D eigenvalue weighted by atomic mass is 16.8. The van der Waals surface area contributed by atoms with Crippen LogP contribution in [0.5, 0.6) is 0 Å². The van der Waals surface area contributed by atoms with Crippen molar-refractivity contribution in [2.45, 2.75) is 57.0 Å². The summed E-state index contributed by atoms with van der Waals surface area (Å²) < 4.78 is 12.0. The molecular formula is C14H20O4. The van der Waals surface area contributed by atoms with Crippen LogP contribution in [-0.2, 0) is 14.3 Å². The molecule has 1 aliphatic carbocycles. The molecule has 0 amide bonds. The Bertz CT molecular complexity index is 353. The Labute approximate surface area is 107 Å². The average molecular weight is 252 g/mol. The van der Waals surface area contributed by atoms with Gasteiger partial charge in [0.25, 0.3) is 0 Å². The fourth-order valence-electron chi connectivity index (χ4n) is 2.65. The first kappa shape index (κ1) is 13.3. The topological polar surface area (TPSA) is 55.8 Å². The summed E-state index contributed by atoms with van der Waals surface area (Å²) in [6.07, 6.45) is 11.3. The molecule has 0 bridgehead atoms. The molecule has 4 heteroatoms. The zero-order chi connectivity index (χ0) is 13.0. The van der Waals surface area contributed by atoms with Crippen molar-refractivity contribution in [3.63, 3.8) is 0 Å². The number of rotatable bonds is 3. The first-order chi connectivity index (χ1) is 8.65. The van der Waals surface area contributed by atoms with Crippen LogP contribution in [0.2, 0.25) is 0 Å². The lowest BCUT2D eigenvalue weighted by Gasteiger charge is -2.31. The minimum atomic E-state index is -0.956. The van der Waals surface area contributed by atoms with E-state index in [9.17, 15) is 4.79 Å². The first-order valence-corrected chi connectivity index (χ1v) is 6.55. The second kappa shape index (κ2) is 5.67. The number of carboxylic acid groups (broad SMARTS) is 1. The fourth-order valence-corrected chi connectivity index (χ4v) is 2.65. The molecule has 2 rings (SSSR count). The van der Waals surface area contributed by atoms with Gasteiger partial charge in [-0.1, -0.05) is 18.6 Å². The van der Waals surface area contributed by atoms with Crippen molar-refractivity contribution in [2.75, 3.05) is 0 Å². The third kappa shape index (κ3) is 3.00. The van der Waals surface area contributed by atoms with Crippen LogP contribution >= 0.6 is 0 Å². The van der Waals surface area contributed by atoms with Gasteiger partial charge >= 0.3 is 5.97 Å². The molecule has 0 unspecified atom stereocenters. The van der Waals surface area contributed by atoms with Gasteiger partial charge in [-0.2, -0.15) is 0 Å². The molecule has 0 aromatic rings. The van der Waals surface area contributed by atoms with Crippen LogP contribution in [0.3, 0.4) is 0 Å². The summed E-state index contributed by atoms with van der Waals surface area (Å²) in [6, 6.07) is 0. The molecule has 1 saturated carbocycles. The van der Waals surface area contributed by atoms with Gasteiger partial charge in [0.1, 0.15) is 12.2 Å². The Hall–Kier alpha value is -1.13. The highest BCUT2D eigenvalue weighted by Gasteiger charge is 2.46. The van der Waals surface area contributed by atoms with E-state index in [0.29, 0.717) is 0 Å². The van der Waals surface area contributed by atoms with E-state index in [4.69, 9.17) is 14.6 Å². The van der Waals surface area contributed by atoms with Crippen LogP contribution in [0.1, 0.15) is 39.0 Å². The maximum atomic E-state index is 10.6. The first-order valence-electron chi connectivity index (χ1n) is 6.55. The van der Waals surface area contributed by atoms with Gasteiger partial charge in [0.05, 0.1) is 0 Å². The van der Waals surface area contributed by atoms with Gasteiger partial charge in [-0.05, 0) is 25.8 Å². The lowest BCUT2D eigenvalue weighted by atomic mass is 9.94. The van der Waals surface area contributed by atoms with E-state index in [2.05, 4.69) is 0 Å². The molecule has 2 atom stereocenters. The summed E-state index contributed by atoms with van der Waals surface area (Å²) in [5, 5.41) is 8.69. The van der Waals surface area contributed by atoms with Gasteiger partial charge in [-0.3, -0.25) is 0 Å². The van der Waals surface area contributed by atoms with Crippen molar-refractivity contribution in [1.29, 1.82) is 0 Å². The van der Waals surface area contributed by atoms with Gasteiger partial charge in [0.2, 0.25) is 0 Å². The van der Waals surface area contributed by atoms with Gasteiger partial charge in [0.15, 0.2) is 5.79 Å². The fraction of sp³-hybridized carbons (Fsp3) is 0.643. The number of hydrogen-bond acceptors (Lipinski definition) is 3. The smallest absolute Gasteiger partial charge is 0.328 e. The largest absolute Gasteiger partial charge is 0.478 e. The molecule has 4 nitrogen and oxygen atoms in total. The Morgan fingerprint density at radius 3 is 2.33 bits per heavy atom. The number of allylic oxidation sites excluding steroid dienone is 1. The van der Waals surface area contributed by atoms with E-state index in [1.54, 1.807) is 6.08 Å².